The van der Waals surface area contributed by atoms with E-state index >= 15 is 0 Å². The maximum atomic E-state index is 6.30. The standard InChI is InChI=1S/C14H22ClN/c1-4-6-7-12-8-9-13(14(15)10-12)11(3)16-5-2/h8-11,16H,4-7H2,1-3H3. The lowest BCUT2D eigenvalue weighted by molar-refractivity contribution is 0.598. The highest BCUT2D eigenvalue weighted by Crippen LogP contribution is 2.24. The minimum Gasteiger partial charge on any atom is -0.310 e. The largest absolute Gasteiger partial charge is 0.310 e. The first-order valence-electron chi connectivity index (χ1n) is 6.20. The van der Waals surface area contributed by atoms with Gasteiger partial charge >= 0.3 is 0 Å². The third-order valence-corrected chi connectivity index (χ3v) is 3.19. The Kier molecular flexibility index (Phi) is 5.86. The predicted octanol–water partition coefficient (Wildman–Crippen LogP) is 4.35. The number of aryl methyl sites for hydroxylation is 1. The van der Waals surface area contributed by atoms with Crippen molar-refractivity contribution >= 4 is 11.6 Å². The molecule has 1 N–H and O–H groups in total. The quantitative estimate of drug-likeness (QED) is 0.778. The lowest BCUT2D eigenvalue weighted by atomic mass is 10.0. The van der Waals surface area contributed by atoms with Crippen LogP contribution in [0.15, 0.2) is 18.2 Å². The van der Waals surface area contributed by atoms with Gasteiger partial charge in [0.2, 0.25) is 0 Å². The minimum absolute atomic E-state index is 0.331. The van der Waals surface area contributed by atoms with Crippen molar-refractivity contribution in [1.82, 2.24) is 5.32 Å². The Morgan fingerprint density at radius 2 is 2.06 bits per heavy atom. The van der Waals surface area contributed by atoms with Crippen LogP contribution in [0.2, 0.25) is 5.02 Å². The third kappa shape index (κ3) is 3.80. The molecule has 0 heterocycles. The summed E-state index contributed by atoms with van der Waals surface area (Å²) in [6, 6.07) is 6.80. The van der Waals surface area contributed by atoms with E-state index in [9.17, 15) is 0 Å². The lowest BCUT2D eigenvalue weighted by Gasteiger charge is -2.15. The van der Waals surface area contributed by atoms with E-state index in [4.69, 9.17) is 11.6 Å². The maximum Gasteiger partial charge on any atom is 0.0456 e. The van der Waals surface area contributed by atoms with E-state index in [1.54, 1.807) is 0 Å². The van der Waals surface area contributed by atoms with Crippen LogP contribution in [-0.4, -0.2) is 6.54 Å². The van der Waals surface area contributed by atoms with Crippen LogP contribution in [0.25, 0.3) is 0 Å². The van der Waals surface area contributed by atoms with Crippen molar-refractivity contribution in [2.75, 3.05) is 6.54 Å². The van der Waals surface area contributed by atoms with E-state index in [2.05, 4.69) is 44.3 Å². The molecule has 1 aromatic rings. The first kappa shape index (κ1) is 13.5. The molecular weight excluding hydrogens is 218 g/mol. The summed E-state index contributed by atoms with van der Waals surface area (Å²) >= 11 is 6.30. The number of hydrogen-bond donors (Lipinski definition) is 1. The highest BCUT2D eigenvalue weighted by molar-refractivity contribution is 6.31. The zero-order chi connectivity index (χ0) is 12.0. The first-order valence-corrected chi connectivity index (χ1v) is 6.58. The number of unbranched alkanes of at least 4 members (excludes halogenated alkanes) is 1. The van der Waals surface area contributed by atoms with Crippen molar-refractivity contribution in [2.24, 2.45) is 0 Å². The molecule has 16 heavy (non-hydrogen) atoms. The number of halogens is 1. The summed E-state index contributed by atoms with van der Waals surface area (Å²) in [6.07, 6.45) is 3.59. The molecule has 0 bridgehead atoms. The van der Waals surface area contributed by atoms with Gasteiger partial charge in [0, 0.05) is 11.1 Å². The highest BCUT2D eigenvalue weighted by atomic mass is 35.5. The summed E-state index contributed by atoms with van der Waals surface area (Å²) in [4.78, 5) is 0. The normalized spacial score (nSPS) is 12.8. The van der Waals surface area contributed by atoms with Gasteiger partial charge in [0.1, 0.15) is 0 Å². The molecule has 0 aliphatic carbocycles. The molecule has 0 aliphatic rings. The van der Waals surface area contributed by atoms with Crippen LogP contribution in [0, 0.1) is 0 Å². The Balaban J connectivity index is 2.74. The fourth-order valence-corrected chi connectivity index (χ4v) is 2.24. The zero-order valence-electron chi connectivity index (χ0n) is 10.5. The van der Waals surface area contributed by atoms with E-state index < -0.39 is 0 Å². The second kappa shape index (κ2) is 6.93. The van der Waals surface area contributed by atoms with E-state index in [-0.39, 0.29) is 0 Å². The average Bonchev–Trinajstić information content (AvgIpc) is 2.26. The molecule has 0 radical (unpaired) electrons. The molecule has 0 spiro atoms. The molecule has 1 rings (SSSR count). The Morgan fingerprint density at radius 1 is 1.31 bits per heavy atom. The molecule has 1 nitrogen and oxygen atoms in total. The molecule has 1 aromatic carbocycles. The van der Waals surface area contributed by atoms with Crippen molar-refractivity contribution in [3.63, 3.8) is 0 Å². The van der Waals surface area contributed by atoms with Crippen LogP contribution >= 0.6 is 11.6 Å². The van der Waals surface area contributed by atoms with Crippen molar-refractivity contribution in [3.8, 4) is 0 Å². The summed E-state index contributed by atoms with van der Waals surface area (Å²) in [6.45, 7) is 7.44. The van der Waals surface area contributed by atoms with Crippen molar-refractivity contribution in [2.45, 2.75) is 46.1 Å². The molecule has 0 saturated carbocycles. The number of nitrogens with one attached hydrogen (secondary N) is 1. The third-order valence-electron chi connectivity index (χ3n) is 2.86. The van der Waals surface area contributed by atoms with Gasteiger partial charge in [0.15, 0.2) is 0 Å². The van der Waals surface area contributed by atoms with Gasteiger partial charge in [-0.2, -0.15) is 0 Å². The van der Waals surface area contributed by atoms with Crippen molar-refractivity contribution in [3.05, 3.63) is 34.3 Å². The molecule has 0 saturated heterocycles. The number of rotatable bonds is 6. The second-order valence-electron chi connectivity index (χ2n) is 4.24. The van der Waals surface area contributed by atoms with Crippen molar-refractivity contribution in [1.29, 1.82) is 0 Å². The fraction of sp³-hybridized carbons (Fsp3) is 0.571. The Labute approximate surface area is 104 Å². The Hall–Kier alpha value is -0.530. The molecule has 0 fully saturated rings. The summed E-state index contributed by atoms with van der Waals surface area (Å²) < 4.78 is 0. The molecule has 0 aliphatic heterocycles. The van der Waals surface area contributed by atoms with Crippen LogP contribution in [0.1, 0.15) is 50.8 Å². The van der Waals surface area contributed by atoms with E-state index in [1.165, 1.54) is 24.0 Å². The smallest absolute Gasteiger partial charge is 0.0456 e. The molecular formula is C14H22ClN. The van der Waals surface area contributed by atoms with Crippen LogP contribution in [0.3, 0.4) is 0 Å². The average molecular weight is 240 g/mol. The summed E-state index contributed by atoms with van der Waals surface area (Å²) in [7, 11) is 0. The minimum atomic E-state index is 0.331. The fourth-order valence-electron chi connectivity index (χ4n) is 1.87. The zero-order valence-corrected chi connectivity index (χ0v) is 11.3. The van der Waals surface area contributed by atoms with E-state index in [1.807, 2.05) is 0 Å². The van der Waals surface area contributed by atoms with Gasteiger partial charge in [-0.1, -0.05) is 44.0 Å². The molecule has 90 valence electrons. The summed E-state index contributed by atoms with van der Waals surface area (Å²) in [5.41, 5.74) is 2.54. The van der Waals surface area contributed by atoms with E-state index in [0.717, 1.165) is 18.0 Å². The summed E-state index contributed by atoms with van der Waals surface area (Å²) in [5, 5.41) is 4.27. The van der Waals surface area contributed by atoms with Gasteiger partial charge in [0.25, 0.3) is 0 Å². The van der Waals surface area contributed by atoms with Gasteiger partial charge < -0.3 is 5.32 Å². The van der Waals surface area contributed by atoms with Crippen LogP contribution in [-0.2, 0) is 6.42 Å². The Morgan fingerprint density at radius 3 is 2.62 bits per heavy atom. The SMILES string of the molecule is CCCCc1ccc(C(C)NCC)c(Cl)c1. The molecule has 2 heteroatoms. The van der Waals surface area contributed by atoms with Gasteiger partial charge in [-0.15, -0.1) is 0 Å². The Bertz CT molecular complexity index is 323. The topological polar surface area (TPSA) is 12.0 Å². The molecule has 0 aromatic heterocycles. The van der Waals surface area contributed by atoms with Gasteiger partial charge in [-0.05, 0) is 43.5 Å². The number of benzene rings is 1. The lowest BCUT2D eigenvalue weighted by Crippen LogP contribution is -2.18. The van der Waals surface area contributed by atoms with Gasteiger partial charge in [-0.25, -0.2) is 0 Å². The number of hydrogen-bond acceptors (Lipinski definition) is 1. The van der Waals surface area contributed by atoms with Crippen LogP contribution in [0.5, 0.6) is 0 Å². The summed E-state index contributed by atoms with van der Waals surface area (Å²) in [5.74, 6) is 0. The monoisotopic (exact) mass is 239 g/mol. The second-order valence-corrected chi connectivity index (χ2v) is 4.65. The predicted molar refractivity (Wildman–Crippen MR) is 72.2 cm³/mol. The maximum absolute atomic E-state index is 6.30. The molecule has 1 unspecified atom stereocenters. The van der Waals surface area contributed by atoms with Gasteiger partial charge in [-0.3, -0.25) is 0 Å². The van der Waals surface area contributed by atoms with Crippen molar-refractivity contribution < 1.29 is 0 Å². The molecule has 0 amide bonds. The van der Waals surface area contributed by atoms with Crippen LogP contribution < -0.4 is 5.32 Å². The first-order chi connectivity index (χ1) is 7.69. The van der Waals surface area contributed by atoms with Crippen LogP contribution in [0.4, 0.5) is 0 Å². The van der Waals surface area contributed by atoms with E-state index in [0.29, 0.717) is 6.04 Å². The van der Waals surface area contributed by atoms with Gasteiger partial charge in [0.05, 0.1) is 0 Å². The highest BCUT2D eigenvalue weighted by Gasteiger charge is 2.08. The molecule has 1 atom stereocenters.